The molecule has 0 fully saturated rings. The number of benzene rings is 4. The number of hydrazine groups is 1. The maximum absolute atomic E-state index is 5.10. The van der Waals surface area contributed by atoms with Gasteiger partial charge in [0.05, 0.1) is 5.69 Å². The van der Waals surface area contributed by atoms with Crippen LogP contribution in [-0.2, 0) is 0 Å². The van der Waals surface area contributed by atoms with E-state index in [1.807, 2.05) is 30.3 Å². The quantitative estimate of drug-likeness (QED) is 0.115. The molecule has 4 heteroatoms. The molecule has 0 aromatic heterocycles. The van der Waals surface area contributed by atoms with Crippen molar-refractivity contribution in [3.8, 4) is 0 Å². The summed E-state index contributed by atoms with van der Waals surface area (Å²) in [7, 11) is 0. The molecule has 262 valence electrons. The number of rotatable bonds is 10. The van der Waals surface area contributed by atoms with Crippen LogP contribution in [-0.4, -0.2) is 0 Å². The number of hydrogen-bond donors (Lipinski definition) is 3. The van der Waals surface area contributed by atoms with E-state index in [-0.39, 0.29) is 5.92 Å². The Kier molecular flexibility index (Phi) is 12.7. The Morgan fingerprint density at radius 2 is 1.62 bits per heavy atom. The Balaban J connectivity index is 0.000000514. The molecule has 4 N–H and O–H groups in total. The van der Waals surface area contributed by atoms with Crippen LogP contribution >= 0.6 is 0 Å². The number of nitrogens with two attached hydrogens (primary N) is 1. The molecule has 0 radical (unpaired) electrons. The van der Waals surface area contributed by atoms with Crippen LogP contribution in [0.3, 0.4) is 0 Å². The van der Waals surface area contributed by atoms with Gasteiger partial charge in [0.2, 0.25) is 0 Å². The van der Waals surface area contributed by atoms with E-state index in [0.29, 0.717) is 0 Å². The Morgan fingerprint density at radius 1 is 0.865 bits per heavy atom. The van der Waals surface area contributed by atoms with E-state index < -0.39 is 0 Å². The highest BCUT2D eigenvalue weighted by atomic mass is 15.2. The van der Waals surface area contributed by atoms with Gasteiger partial charge in [-0.2, -0.15) is 0 Å². The Morgan fingerprint density at radius 3 is 2.31 bits per heavy atom. The van der Waals surface area contributed by atoms with Gasteiger partial charge in [-0.1, -0.05) is 147 Å². The highest BCUT2D eigenvalue weighted by molar-refractivity contribution is 5.86. The average molecular weight is 683 g/mol. The summed E-state index contributed by atoms with van der Waals surface area (Å²) in [6.45, 7) is 6.64. The zero-order valence-electron chi connectivity index (χ0n) is 30.2. The number of nitrogens with one attached hydrogen (secondary N) is 2. The number of nitrogen functional groups attached to an aromatic ring is 1. The van der Waals surface area contributed by atoms with Gasteiger partial charge in [-0.3, -0.25) is 5.84 Å². The molecule has 3 aliphatic rings. The van der Waals surface area contributed by atoms with E-state index in [9.17, 15) is 0 Å². The van der Waals surface area contributed by atoms with Gasteiger partial charge in [-0.25, -0.2) is 0 Å². The van der Waals surface area contributed by atoms with Gasteiger partial charge >= 0.3 is 0 Å². The van der Waals surface area contributed by atoms with E-state index in [2.05, 4.69) is 169 Å². The molecule has 4 nitrogen and oxygen atoms in total. The third-order valence-electron chi connectivity index (χ3n) is 9.59. The van der Waals surface area contributed by atoms with Gasteiger partial charge in [0, 0.05) is 46.0 Å². The minimum atomic E-state index is 0.252. The van der Waals surface area contributed by atoms with E-state index in [1.165, 1.54) is 46.5 Å². The second kappa shape index (κ2) is 18.4. The predicted octanol–water partition coefficient (Wildman–Crippen LogP) is 12.3. The molecule has 0 saturated heterocycles. The molecular formula is C48H50N4. The molecule has 4 aromatic carbocycles. The monoisotopic (exact) mass is 682 g/mol. The van der Waals surface area contributed by atoms with E-state index >= 15 is 0 Å². The molecule has 0 bridgehead atoms. The Hall–Kier alpha value is -5.84. The van der Waals surface area contributed by atoms with Crippen LogP contribution in [0, 0.1) is 0 Å². The topological polar surface area (TPSA) is 53.3 Å². The van der Waals surface area contributed by atoms with Gasteiger partial charge < -0.3 is 15.6 Å². The summed E-state index contributed by atoms with van der Waals surface area (Å²) in [6, 6.07) is 37.8. The summed E-state index contributed by atoms with van der Waals surface area (Å²) in [5, 5.41) is 3.92. The first-order chi connectivity index (χ1) is 25.6. The van der Waals surface area contributed by atoms with Gasteiger partial charge in [-0.05, 0) is 91.6 Å². The van der Waals surface area contributed by atoms with Crippen molar-refractivity contribution in [2.45, 2.75) is 51.4 Å². The summed E-state index contributed by atoms with van der Waals surface area (Å²) < 4.78 is 0. The maximum Gasteiger partial charge on any atom is 0.0536 e. The van der Waals surface area contributed by atoms with Crippen molar-refractivity contribution in [2.24, 2.45) is 5.84 Å². The number of fused-ring (bicyclic) bond motifs is 1. The van der Waals surface area contributed by atoms with Crippen LogP contribution in [0.15, 0.2) is 194 Å². The van der Waals surface area contributed by atoms with E-state index in [4.69, 9.17) is 5.84 Å². The second-order valence-corrected chi connectivity index (χ2v) is 13.2. The van der Waals surface area contributed by atoms with Gasteiger partial charge in [-0.15, -0.1) is 0 Å². The van der Waals surface area contributed by atoms with Crippen LogP contribution in [0.1, 0.15) is 68.1 Å². The molecule has 4 aromatic rings. The van der Waals surface area contributed by atoms with Crippen LogP contribution in [0.2, 0.25) is 0 Å². The molecular weight excluding hydrogens is 633 g/mol. The third kappa shape index (κ3) is 9.48. The molecule has 0 spiro atoms. The highest BCUT2D eigenvalue weighted by Crippen LogP contribution is 2.40. The zero-order valence-corrected chi connectivity index (χ0v) is 30.2. The normalized spacial score (nSPS) is 17.9. The average Bonchev–Trinajstić information content (AvgIpc) is 3.21. The first kappa shape index (κ1) is 36.0. The molecule has 0 amide bonds. The smallest absolute Gasteiger partial charge is 0.0536 e. The molecule has 52 heavy (non-hydrogen) atoms. The predicted molar refractivity (Wildman–Crippen MR) is 224 cm³/mol. The van der Waals surface area contributed by atoms with Gasteiger partial charge in [0.15, 0.2) is 0 Å². The van der Waals surface area contributed by atoms with Crippen molar-refractivity contribution in [1.29, 1.82) is 0 Å². The Labute approximate surface area is 310 Å². The summed E-state index contributed by atoms with van der Waals surface area (Å²) >= 11 is 0. The lowest BCUT2D eigenvalue weighted by atomic mass is 9.84. The second-order valence-electron chi connectivity index (χ2n) is 13.2. The van der Waals surface area contributed by atoms with Gasteiger partial charge in [0.25, 0.3) is 0 Å². The minimum Gasteiger partial charge on any atom is -0.362 e. The molecule has 0 saturated carbocycles. The summed E-state index contributed by atoms with van der Waals surface area (Å²) in [6.07, 6.45) is 28.9. The fraction of sp³-hybridized carbons (Fsp3) is 0.167. The number of para-hydroxylation sites is 2. The number of nitrogens with zero attached hydrogens (tertiary/aromatic N) is 1. The van der Waals surface area contributed by atoms with Crippen molar-refractivity contribution >= 4 is 28.2 Å². The van der Waals surface area contributed by atoms with Crippen molar-refractivity contribution in [3.05, 3.63) is 210 Å². The first-order valence-electron chi connectivity index (χ1n) is 18.5. The largest absolute Gasteiger partial charge is 0.362 e. The van der Waals surface area contributed by atoms with Crippen molar-refractivity contribution < 1.29 is 0 Å². The molecule has 1 atom stereocenters. The lowest BCUT2D eigenvalue weighted by Gasteiger charge is -2.29. The van der Waals surface area contributed by atoms with Crippen molar-refractivity contribution in [2.75, 3.05) is 10.3 Å². The van der Waals surface area contributed by atoms with Crippen LogP contribution < -0.4 is 21.5 Å². The minimum absolute atomic E-state index is 0.252. The van der Waals surface area contributed by atoms with E-state index in [0.717, 1.165) is 53.9 Å². The van der Waals surface area contributed by atoms with Gasteiger partial charge in [0.1, 0.15) is 0 Å². The van der Waals surface area contributed by atoms with Crippen LogP contribution in [0.25, 0.3) is 11.1 Å². The molecule has 2 aliphatic carbocycles. The lowest BCUT2D eigenvalue weighted by Crippen LogP contribution is -2.19. The first-order valence-corrected chi connectivity index (χ1v) is 18.5. The number of hydrogen-bond acceptors (Lipinski definition) is 4. The fourth-order valence-electron chi connectivity index (χ4n) is 6.77. The Bertz CT molecular complexity index is 2010. The molecule has 1 aliphatic heterocycles. The van der Waals surface area contributed by atoms with Crippen LogP contribution in [0.5, 0.6) is 0 Å². The summed E-state index contributed by atoms with van der Waals surface area (Å²) in [5.74, 6) is 5.35. The number of anilines is 3. The molecule has 1 heterocycles. The number of allylic oxidation sites excluding steroid dienone is 14. The standard InChI is InChI=1S/C42H42N2.C6H8N2/c1-3-37(22-15-19-33-17-7-4-8-18-33)43-41-30-35(26-28-40(41)34-20-9-5-10-21-34)36-25-27-39-32(2)16-13-14-29-44(42(39)31-36)38-23-11-6-12-24-38;7-8-6-4-2-1-3-5-6/h5-7,9-14,16-18,20-29,31,35,43H,2-4,8,15,19,30H2,1H3;1-5,8H,7H2/b16-13-,29-14-,37-22+;. The summed E-state index contributed by atoms with van der Waals surface area (Å²) in [4.78, 5) is 2.28. The molecule has 1 unspecified atom stereocenters. The fourth-order valence-corrected chi connectivity index (χ4v) is 6.77. The SMILES string of the molecule is C=C1/C=C\C=C/N(c2ccccc2)c2cc(C3C=CC(c4ccccc4)=C(N/C(=C/CCC4=CCCC=C4)CC)C3)ccc21.NNc1ccccc1. The summed E-state index contributed by atoms with van der Waals surface area (Å²) in [5.41, 5.74) is 15.8. The van der Waals surface area contributed by atoms with E-state index in [1.54, 1.807) is 0 Å². The van der Waals surface area contributed by atoms with Crippen LogP contribution in [0.4, 0.5) is 17.1 Å². The lowest BCUT2D eigenvalue weighted by molar-refractivity contribution is 0.740. The zero-order chi connectivity index (χ0) is 36.0. The third-order valence-corrected chi connectivity index (χ3v) is 9.59. The molecule has 7 rings (SSSR count). The van der Waals surface area contributed by atoms with Crippen molar-refractivity contribution in [3.63, 3.8) is 0 Å². The van der Waals surface area contributed by atoms with Crippen molar-refractivity contribution in [1.82, 2.24) is 5.32 Å². The maximum atomic E-state index is 5.10. The highest BCUT2D eigenvalue weighted by Gasteiger charge is 2.22.